The molecule has 1 fully saturated rings. The molecule has 1 unspecified atom stereocenters. The highest BCUT2D eigenvalue weighted by atomic mass is 32.1. The van der Waals surface area contributed by atoms with Crippen molar-refractivity contribution in [1.29, 1.82) is 0 Å². The van der Waals surface area contributed by atoms with Gasteiger partial charge in [0.15, 0.2) is 5.13 Å². The molecule has 1 aliphatic carbocycles. The minimum Gasteiger partial charge on any atom is -0.497 e. The molecule has 0 spiro atoms. The summed E-state index contributed by atoms with van der Waals surface area (Å²) < 4.78 is 5.24. The van der Waals surface area contributed by atoms with Crippen LogP contribution in [0.15, 0.2) is 18.2 Å². The first-order valence-corrected chi connectivity index (χ1v) is 11.8. The van der Waals surface area contributed by atoms with Gasteiger partial charge < -0.3 is 19.9 Å². The Hall–Kier alpha value is -2.61. The number of benzene rings is 1. The third-order valence-corrected chi connectivity index (χ3v) is 7.38. The molecule has 0 radical (unpaired) electrons. The Kier molecular flexibility index (Phi) is 6.46. The summed E-state index contributed by atoms with van der Waals surface area (Å²) in [5.41, 5.74) is 2.96. The van der Waals surface area contributed by atoms with Crippen LogP contribution in [-0.2, 0) is 22.4 Å². The predicted molar refractivity (Wildman–Crippen MR) is 123 cm³/mol. The number of carbonyl (C=O) groups is 2. The van der Waals surface area contributed by atoms with Crippen LogP contribution < -0.4 is 15.0 Å². The van der Waals surface area contributed by atoms with Crippen LogP contribution in [0.1, 0.15) is 35.9 Å². The Morgan fingerprint density at radius 2 is 2.03 bits per heavy atom. The molecular formula is C23H30N4O3S. The Morgan fingerprint density at radius 1 is 1.26 bits per heavy atom. The van der Waals surface area contributed by atoms with Crippen molar-refractivity contribution in [3.05, 3.63) is 34.3 Å². The van der Waals surface area contributed by atoms with Gasteiger partial charge in [-0.2, -0.15) is 0 Å². The fourth-order valence-corrected chi connectivity index (χ4v) is 5.47. The molecule has 4 rings (SSSR count). The van der Waals surface area contributed by atoms with E-state index < -0.39 is 0 Å². The number of nitrogens with one attached hydrogen (secondary N) is 1. The number of anilines is 2. The lowest BCUT2D eigenvalue weighted by molar-refractivity contribution is -0.131. The number of ether oxygens (including phenoxy) is 1. The van der Waals surface area contributed by atoms with Crippen molar-refractivity contribution in [2.24, 2.45) is 5.92 Å². The van der Waals surface area contributed by atoms with Gasteiger partial charge in [-0.05, 0) is 49.9 Å². The van der Waals surface area contributed by atoms with E-state index in [1.165, 1.54) is 4.88 Å². The van der Waals surface area contributed by atoms with Gasteiger partial charge in [0.25, 0.3) is 0 Å². The standard InChI is InChI=1S/C23H30N4O3S/c1-4-21(28)26-9-11-27(12-10-26)23-25-19-7-5-16(14-20(19)31-23)22(29)24-18-8-6-17(30-3)13-15(18)2/h6,8,13,16H,4-5,7,9-12,14H2,1-3H3,(H,24,29). The molecule has 0 saturated carbocycles. The lowest BCUT2D eigenvalue weighted by Crippen LogP contribution is -2.48. The Labute approximate surface area is 187 Å². The number of carbonyl (C=O) groups excluding carboxylic acids is 2. The molecule has 2 aromatic rings. The Bertz CT molecular complexity index is 966. The SMILES string of the molecule is CCC(=O)N1CCN(c2nc3c(s2)CC(C(=O)Nc2ccc(OC)cc2C)CC3)CC1. The fraction of sp³-hybridized carbons (Fsp3) is 0.522. The molecule has 31 heavy (non-hydrogen) atoms. The number of thiazole rings is 1. The van der Waals surface area contributed by atoms with Crippen molar-refractivity contribution in [3.63, 3.8) is 0 Å². The summed E-state index contributed by atoms with van der Waals surface area (Å²) in [6.45, 7) is 7.02. The maximum absolute atomic E-state index is 12.9. The molecule has 2 amide bonds. The Balaban J connectivity index is 1.38. The van der Waals surface area contributed by atoms with Gasteiger partial charge in [0, 0.05) is 49.1 Å². The topological polar surface area (TPSA) is 74.8 Å². The molecule has 1 aromatic heterocycles. The second-order valence-corrected chi connectivity index (χ2v) is 9.26. The smallest absolute Gasteiger partial charge is 0.227 e. The van der Waals surface area contributed by atoms with Gasteiger partial charge in [-0.3, -0.25) is 9.59 Å². The zero-order chi connectivity index (χ0) is 22.0. The van der Waals surface area contributed by atoms with E-state index in [0.717, 1.165) is 73.3 Å². The molecule has 2 heterocycles. The number of aromatic nitrogens is 1. The molecule has 166 valence electrons. The molecule has 1 aliphatic heterocycles. The third-order valence-electron chi connectivity index (χ3n) is 6.20. The monoisotopic (exact) mass is 442 g/mol. The first-order valence-electron chi connectivity index (χ1n) is 10.9. The lowest BCUT2D eigenvalue weighted by Gasteiger charge is -2.34. The summed E-state index contributed by atoms with van der Waals surface area (Å²) >= 11 is 1.71. The van der Waals surface area contributed by atoms with Crippen LogP contribution in [-0.4, -0.2) is 55.0 Å². The first-order chi connectivity index (χ1) is 15.0. The summed E-state index contributed by atoms with van der Waals surface area (Å²) in [5, 5.41) is 4.12. The summed E-state index contributed by atoms with van der Waals surface area (Å²) in [5.74, 6) is 1.04. The first kappa shape index (κ1) is 21.6. The van der Waals surface area contributed by atoms with Gasteiger partial charge in [-0.25, -0.2) is 4.98 Å². The van der Waals surface area contributed by atoms with Crippen molar-refractivity contribution < 1.29 is 14.3 Å². The normalized spacial score (nSPS) is 18.5. The number of hydrogen-bond acceptors (Lipinski definition) is 6. The summed E-state index contributed by atoms with van der Waals surface area (Å²) in [4.78, 5) is 35.1. The van der Waals surface area contributed by atoms with E-state index >= 15 is 0 Å². The number of piperazine rings is 1. The number of fused-ring (bicyclic) bond motifs is 1. The van der Waals surface area contributed by atoms with E-state index in [0.29, 0.717) is 6.42 Å². The van der Waals surface area contributed by atoms with Gasteiger partial charge in [0.05, 0.1) is 12.8 Å². The van der Waals surface area contributed by atoms with Gasteiger partial charge >= 0.3 is 0 Å². The van der Waals surface area contributed by atoms with Crippen LogP contribution in [0.5, 0.6) is 5.75 Å². The molecule has 7 nitrogen and oxygen atoms in total. The van der Waals surface area contributed by atoms with E-state index in [2.05, 4.69) is 10.2 Å². The highest BCUT2D eigenvalue weighted by Crippen LogP contribution is 2.35. The van der Waals surface area contributed by atoms with E-state index in [1.54, 1.807) is 18.4 Å². The van der Waals surface area contributed by atoms with Crippen molar-refractivity contribution in [1.82, 2.24) is 9.88 Å². The average molecular weight is 443 g/mol. The zero-order valence-corrected chi connectivity index (χ0v) is 19.3. The maximum atomic E-state index is 12.9. The number of rotatable bonds is 5. The van der Waals surface area contributed by atoms with Crippen LogP contribution >= 0.6 is 11.3 Å². The fourth-order valence-electron chi connectivity index (χ4n) is 4.23. The number of methoxy groups -OCH3 is 1. The van der Waals surface area contributed by atoms with Gasteiger partial charge in [0.1, 0.15) is 5.75 Å². The van der Waals surface area contributed by atoms with Gasteiger partial charge in [-0.1, -0.05) is 6.92 Å². The highest BCUT2D eigenvalue weighted by molar-refractivity contribution is 7.15. The number of nitrogens with zero attached hydrogens (tertiary/aromatic N) is 3. The van der Waals surface area contributed by atoms with E-state index in [9.17, 15) is 9.59 Å². The van der Waals surface area contributed by atoms with Gasteiger partial charge in [0.2, 0.25) is 11.8 Å². The molecule has 1 atom stereocenters. The van der Waals surface area contributed by atoms with Crippen LogP contribution in [0, 0.1) is 12.8 Å². The number of hydrogen-bond donors (Lipinski definition) is 1. The zero-order valence-electron chi connectivity index (χ0n) is 18.4. The quantitative estimate of drug-likeness (QED) is 0.769. The van der Waals surface area contributed by atoms with E-state index in [1.807, 2.05) is 36.9 Å². The lowest BCUT2D eigenvalue weighted by atomic mass is 9.90. The van der Waals surface area contributed by atoms with E-state index in [4.69, 9.17) is 9.72 Å². The maximum Gasteiger partial charge on any atom is 0.227 e. The van der Waals surface area contributed by atoms with Crippen molar-refractivity contribution in [3.8, 4) is 5.75 Å². The van der Waals surface area contributed by atoms with Gasteiger partial charge in [-0.15, -0.1) is 11.3 Å². The molecular weight excluding hydrogens is 412 g/mol. The van der Waals surface area contributed by atoms with Crippen LogP contribution in [0.4, 0.5) is 10.8 Å². The largest absolute Gasteiger partial charge is 0.497 e. The van der Waals surface area contributed by atoms with Crippen molar-refractivity contribution in [2.75, 3.05) is 43.5 Å². The molecule has 8 heteroatoms. The average Bonchev–Trinajstić information content (AvgIpc) is 3.23. The van der Waals surface area contributed by atoms with Crippen LogP contribution in [0.25, 0.3) is 0 Å². The number of aryl methyl sites for hydroxylation is 2. The van der Waals surface area contributed by atoms with Crippen molar-refractivity contribution in [2.45, 2.75) is 39.5 Å². The molecule has 1 N–H and O–H groups in total. The minimum absolute atomic E-state index is 0.0404. The molecule has 2 aliphatic rings. The summed E-state index contributed by atoms with van der Waals surface area (Å²) in [7, 11) is 1.64. The highest BCUT2D eigenvalue weighted by Gasteiger charge is 2.30. The van der Waals surface area contributed by atoms with E-state index in [-0.39, 0.29) is 17.7 Å². The minimum atomic E-state index is -0.0404. The second kappa shape index (κ2) is 9.26. The number of amides is 2. The van der Waals surface area contributed by atoms with Crippen LogP contribution in [0.2, 0.25) is 0 Å². The molecule has 1 saturated heterocycles. The predicted octanol–water partition coefficient (Wildman–Crippen LogP) is 3.26. The second-order valence-electron chi connectivity index (χ2n) is 8.20. The van der Waals surface area contributed by atoms with Crippen molar-refractivity contribution >= 4 is 34.0 Å². The summed E-state index contributed by atoms with van der Waals surface area (Å²) in [6.07, 6.45) is 2.95. The van der Waals surface area contributed by atoms with Crippen LogP contribution in [0.3, 0.4) is 0 Å². The Morgan fingerprint density at radius 3 is 2.71 bits per heavy atom. The third kappa shape index (κ3) is 4.69. The molecule has 0 bridgehead atoms. The molecule has 1 aromatic carbocycles. The summed E-state index contributed by atoms with van der Waals surface area (Å²) in [6, 6.07) is 5.69.